The van der Waals surface area contributed by atoms with E-state index >= 15 is 0 Å². The minimum Gasteiger partial charge on any atom is -0.507 e. The Morgan fingerprint density at radius 2 is 1.69 bits per heavy atom. The first-order chi connectivity index (χ1) is 7.86. The fourth-order valence-electron chi connectivity index (χ4n) is 2.23. The Morgan fingerprint density at radius 1 is 0.875 bits per heavy atom. The number of aromatic hydroxyl groups is 1. The largest absolute Gasteiger partial charge is 0.507 e. The van der Waals surface area contributed by atoms with E-state index in [1.165, 1.54) is 11.1 Å². The molecule has 0 fully saturated rings. The van der Waals surface area contributed by atoms with Gasteiger partial charge in [-0.2, -0.15) is 0 Å². The van der Waals surface area contributed by atoms with Crippen molar-refractivity contribution < 1.29 is 5.11 Å². The van der Waals surface area contributed by atoms with E-state index in [1.807, 2.05) is 24.3 Å². The van der Waals surface area contributed by atoms with Crippen LogP contribution in [0, 0.1) is 0 Å². The molecule has 2 aromatic rings. The quantitative estimate of drug-likeness (QED) is 0.758. The summed E-state index contributed by atoms with van der Waals surface area (Å²) in [5, 5.41) is 9.87. The zero-order valence-corrected chi connectivity index (χ0v) is 8.85. The predicted octanol–water partition coefficient (Wildman–Crippen LogP) is 3.63. The van der Waals surface area contributed by atoms with Crippen molar-refractivity contribution in [1.29, 1.82) is 0 Å². The van der Waals surface area contributed by atoms with Crippen LogP contribution in [-0.2, 0) is 6.42 Å². The van der Waals surface area contributed by atoms with Gasteiger partial charge in [-0.05, 0) is 29.2 Å². The van der Waals surface area contributed by atoms with E-state index in [0.717, 1.165) is 17.5 Å². The monoisotopic (exact) mass is 208 g/mol. The summed E-state index contributed by atoms with van der Waals surface area (Å²) in [4.78, 5) is 0. The molecule has 0 atom stereocenters. The standard InChI is InChI=1S/C15H12O/c16-15-10-2-1-7-14(15)13-9-4-6-11-5-3-8-12(11)13/h1-4,6-10,16H,5H2. The number of phenols is 1. The van der Waals surface area contributed by atoms with Crippen LogP contribution in [0.2, 0.25) is 0 Å². The zero-order chi connectivity index (χ0) is 11.0. The average Bonchev–Trinajstić information content (AvgIpc) is 2.77. The number of benzene rings is 2. The van der Waals surface area contributed by atoms with Gasteiger partial charge < -0.3 is 5.11 Å². The van der Waals surface area contributed by atoms with Gasteiger partial charge in [0.15, 0.2) is 0 Å². The van der Waals surface area contributed by atoms with Crippen LogP contribution in [0.5, 0.6) is 5.75 Å². The molecule has 0 saturated heterocycles. The van der Waals surface area contributed by atoms with Gasteiger partial charge in [-0.3, -0.25) is 0 Å². The molecule has 1 heteroatoms. The van der Waals surface area contributed by atoms with Crippen molar-refractivity contribution in [3.05, 3.63) is 59.7 Å². The van der Waals surface area contributed by atoms with Gasteiger partial charge in [-0.1, -0.05) is 48.6 Å². The lowest BCUT2D eigenvalue weighted by molar-refractivity contribution is 0.477. The van der Waals surface area contributed by atoms with Crippen molar-refractivity contribution >= 4 is 6.08 Å². The number of phenolic OH excluding ortho intramolecular Hbond substituents is 1. The molecular weight excluding hydrogens is 196 g/mol. The Kier molecular flexibility index (Phi) is 2.03. The van der Waals surface area contributed by atoms with Crippen LogP contribution >= 0.6 is 0 Å². The summed E-state index contributed by atoms with van der Waals surface area (Å²) >= 11 is 0. The molecule has 0 saturated carbocycles. The second kappa shape index (κ2) is 3.53. The molecule has 1 aliphatic rings. The van der Waals surface area contributed by atoms with Crippen LogP contribution in [0.15, 0.2) is 48.5 Å². The highest BCUT2D eigenvalue weighted by Crippen LogP contribution is 2.35. The second-order valence-corrected chi connectivity index (χ2v) is 4.00. The van der Waals surface area contributed by atoms with Crippen molar-refractivity contribution in [3.63, 3.8) is 0 Å². The Morgan fingerprint density at radius 3 is 2.56 bits per heavy atom. The fraction of sp³-hybridized carbons (Fsp3) is 0.0667. The molecule has 0 unspecified atom stereocenters. The molecule has 3 rings (SSSR count). The molecule has 0 spiro atoms. The molecule has 1 aliphatic carbocycles. The van der Waals surface area contributed by atoms with E-state index in [1.54, 1.807) is 6.07 Å². The van der Waals surface area contributed by atoms with E-state index in [4.69, 9.17) is 0 Å². The summed E-state index contributed by atoms with van der Waals surface area (Å²) in [5.74, 6) is 0.344. The van der Waals surface area contributed by atoms with Crippen molar-refractivity contribution in [2.45, 2.75) is 6.42 Å². The molecule has 0 heterocycles. The van der Waals surface area contributed by atoms with Gasteiger partial charge in [-0.15, -0.1) is 0 Å². The molecule has 2 aromatic carbocycles. The van der Waals surface area contributed by atoms with E-state index in [9.17, 15) is 5.11 Å². The summed E-state index contributed by atoms with van der Waals surface area (Å²) in [6.07, 6.45) is 5.29. The Labute approximate surface area is 94.7 Å². The van der Waals surface area contributed by atoms with Gasteiger partial charge >= 0.3 is 0 Å². The molecule has 16 heavy (non-hydrogen) atoms. The van der Waals surface area contributed by atoms with Gasteiger partial charge in [0, 0.05) is 5.56 Å². The van der Waals surface area contributed by atoms with Gasteiger partial charge in [0.25, 0.3) is 0 Å². The van der Waals surface area contributed by atoms with Crippen LogP contribution in [0.1, 0.15) is 11.1 Å². The number of hydrogen-bond donors (Lipinski definition) is 1. The Balaban J connectivity index is 2.25. The van der Waals surface area contributed by atoms with Crippen LogP contribution < -0.4 is 0 Å². The number of allylic oxidation sites excluding steroid dienone is 1. The Hall–Kier alpha value is -2.02. The fourth-order valence-corrected chi connectivity index (χ4v) is 2.23. The van der Waals surface area contributed by atoms with Gasteiger partial charge in [0.2, 0.25) is 0 Å². The van der Waals surface area contributed by atoms with Crippen LogP contribution in [0.3, 0.4) is 0 Å². The maximum absolute atomic E-state index is 9.87. The number of para-hydroxylation sites is 1. The zero-order valence-electron chi connectivity index (χ0n) is 8.85. The maximum Gasteiger partial charge on any atom is 0.123 e. The topological polar surface area (TPSA) is 20.2 Å². The summed E-state index contributed by atoms with van der Waals surface area (Å²) in [6, 6.07) is 13.7. The van der Waals surface area contributed by atoms with Crippen molar-refractivity contribution in [1.82, 2.24) is 0 Å². The summed E-state index contributed by atoms with van der Waals surface area (Å²) in [5.41, 5.74) is 4.60. The summed E-state index contributed by atoms with van der Waals surface area (Å²) < 4.78 is 0. The van der Waals surface area contributed by atoms with Gasteiger partial charge in [0.05, 0.1) is 0 Å². The lowest BCUT2D eigenvalue weighted by Crippen LogP contribution is -1.87. The molecule has 1 N–H and O–H groups in total. The highest BCUT2D eigenvalue weighted by atomic mass is 16.3. The molecule has 0 radical (unpaired) electrons. The van der Waals surface area contributed by atoms with E-state index in [0.29, 0.717) is 5.75 Å². The molecule has 78 valence electrons. The third kappa shape index (κ3) is 1.33. The first-order valence-electron chi connectivity index (χ1n) is 5.43. The van der Waals surface area contributed by atoms with Crippen LogP contribution in [0.25, 0.3) is 17.2 Å². The molecule has 0 bridgehead atoms. The third-order valence-electron chi connectivity index (χ3n) is 3.01. The van der Waals surface area contributed by atoms with Crippen LogP contribution in [-0.4, -0.2) is 5.11 Å². The number of hydrogen-bond acceptors (Lipinski definition) is 1. The molecule has 0 amide bonds. The average molecular weight is 208 g/mol. The molecular formula is C15H12O. The minimum absolute atomic E-state index is 0.344. The highest BCUT2D eigenvalue weighted by molar-refractivity contribution is 5.82. The van der Waals surface area contributed by atoms with Crippen molar-refractivity contribution in [2.24, 2.45) is 0 Å². The predicted molar refractivity (Wildman–Crippen MR) is 66.3 cm³/mol. The molecule has 1 nitrogen and oxygen atoms in total. The first-order valence-corrected chi connectivity index (χ1v) is 5.43. The smallest absolute Gasteiger partial charge is 0.123 e. The molecule has 0 aliphatic heterocycles. The van der Waals surface area contributed by atoms with E-state index < -0.39 is 0 Å². The normalized spacial score (nSPS) is 12.8. The van der Waals surface area contributed by atoms with Gasteiger partial charge in [-0.25, -0.2) is 0 Å². The van der Waals surface area contributed by atoms with Gasteiger partial charge in [0.1, 0.15) is 5.75 Å². The minimum atomic E-state index is 0.344. The lowest BCUT2D eigenvalue weighted by Gasteiger charge is -2.09. The lowest BCUT2D eigenvalue weighted by atomic mass is 9.96. The number of fused-ring (bicyclic) bond motifs is 1. The van der Waals surface area contributed by atoms with E-state index in [2.05, 4.69) is 24.3 Å². The van der Waals surface area contributed by atoms with Crippen molar-refractivity contribution in [2.75, 3.05) is 0 Å². The second-order valence-electron chi connectivity index (χ2n) is 4.00. The number of rotatable bonds is 1. The summed E-state index contributed by atoms with van der Waals surface area (Å²) in [6.45, 7) is 0. The first kappa shape index (κ1) is 9.22. The summed E-state index contributed by atoms with van der Waals surface area (Å²) in [7, 11) is 0. The molecule has 0 aromatic heterocycles. The highest BCUT2D eigenvalue weighted by Gasteiger charge is 2.12. The third-order valence-corrected chi connectivity index (χ3v) is 3.01. The maximum atomic E-state index is 9.87. The Bertz CT molecular complexity index is 567. The van der Waals surface area contributed by atoms with Crippen molar-refractivity contribution in [3.8, 4) is 16.9 Å². The van der Waals surface area contributed by atoms with E-state index in [-0.39, 0.29) is 0 Å². The SMILES string of the molecule is Oc1ccccc1-c1cccc2c1C=CC2. The van der Waals surface area contributed by atoms with Crippen LogP contribution in [0.4, 0.5) is 0 Å².